The van der Waals surface area contributed by atoms with E-state index in [2.05, 4.69) is 21.0 Å². The number of hydrogen-bond acceptors (Lipinski definition) is 5. The number of primary amides is 1. The number of piperidine rings is 1. The summed E-state index contributed by atoms with van der Waals surface area (Å²) in [6, 6.07) is 8.35. The minimum atomic E-state index is -0.608. The Morgan fingerprint density at radius 3 is 2.92 bits per heavy atom. The van der Waals surface area contributed by atoms with Crippen LogP contribution in [0, 0.1) is 0 Å². The Morgan fingerprint density at radius 1 is 1.33 bits per heavy atom. The Hall–Kier alpha value is -2.25. The third kappa shape index (κ3) is 2.59. The van der Waals surface area contributed by atoms with E-state index < -0.39 is 12.0 Å². The zero-order valence-corrected chi connectivity index (χ0v) is 13.4. The van der Waals surface area contributed by atoms with Crippen LogP contribution in [0.5, 0.6) is 0 Å². The van der Waals surface area contributed by atoms with Crippen LogP contribution in [0.1, 0.15) is 46.7 Å². The third-order valence-corrected chi connectivity index (χ3v) is 5.17. The molecule has 2 aliphatic rings. The Bertz CT molecular complexity index is 759. The maximum atomic E-state index is 11.2. The molecule has 0 unspecified atom stereocenters. The molecule has 0 saturated carbocycles. The van der Waals surface area contributed by atoms with E-state index in [0.717, 1.165) is 37.9 Å². The van der Waals surface area contributed by atoms with Crippen molar-refractivity contribution in [3.8, 4) is 0 Å². The fourth-order valence-corrected chi connectivity index (χ4v) is 3.95. The van der Waals surface area contributed by atoms with E-state index in [4.69, 9.17) is 5.73 Å². The second kappa shape index (κ2) is 5.99. The highest BCUT2D eigenvalue weighted by Crippen LogP contribution is 2.36. The molecule has 7 nitrogen and oxygen atoms in total. The number of benzene rings is 1. The molecule has 126 valence electrons. The van der Waals surface area contributed by atoms with Gasteiger partial charge in [0.1, 0.15) is 6.33 Å². The standard InChI is InChI=1S/C17H21N5O2/c18-16(24)17-19-10-22(20-17)12-5-3-7-21(9-12)14-8-11-4-1-2-6-13(11)15(14)23/h1-2,4,6,10,12,14-15,23H,3,5,7-9H2,(H2,18,24)/t12-,14-,15-/m1/s1. The predicted molar refractivity (Wildman–Crippen MR) is 87.3 cm³/mol. The van der Waals surface area contributed by atoms with E-state index in [1.165, 1.54) is 5.56 Å². The average molecular weight is 327 g/mol. The molecule has 1 saturated heterocycles. The molecular formula is C17H21N5O2. The van der Waals surface area contributed by atoms with Crippen LogP contribution >= 0.6 is 0 Å². The molecule has 2 heterocycles. The normalized spacial score (nSPS) is 27.1. The number of amides is 1. The molecule has 0 radical (unpaired) electrons. The van der Waals surface area contributed by atoms with Gasteiger partial charge in [0, 0.05) is 12.6 Å². The number of rotatable bonds is 3. The van der Waals surface area contributed by atoms with Crippen molar-refractivity contribution in [3.63, 3.8) is 0 Å². The van der Waals surface area contributed by atoms with Gasteiger partial charge in [-0.3, -0.25) is 9.69 Å². The van der Waals surface area contributed by atoms with Gasteiger partial charge in [0.05, 0.1) is 12.1 Å². The smallest absolute Gasteiger partial charge is 0.288 e. The highest BCUT2D eigenvalue weighted by atomic mass is 16.3. The number of hydrogen-bond donors (Lipinski definition) is 2. The summed E-state index contributed by atoms with van der Waals surface area (Å²) in [5, 5.41) is 14.9. The van der Waals surface area contributed by atoms with Gasteiger partial charge in [0.25, 0.3) is 5.91 Å². The van der Waals surface area contributed by atoms with Crippen molar-refractivity contribution < 1.29 is 9.90 Å². The average Bonchev–Trinajstić information content (AvgIpc) is 3.21. The first-order valence-corrected chi connectivity index (χ1v) is 8.34. The van der Waals surface area contributed by atoms with Crippen molar-refractivity contribution in [2.75, 3.05) is 13.1 Å². The topological polar surface area (TPSA) is 97.3 Å². The summed E-state index contributed by atoms with van der Waals surface area (Å²) in [7, 11) is 0. The van der Waals surface area contributed by atoms with Crippen molar-refractivity contribution in [2.24, 2.45) is 5.73 Å². The molecule has 1 aliphatic heterocycles. The zero-order valence-electron chi connectivity index (χ0n) is 13.4. The van der Waals surface area contributed by atoms with Crippen LogP contribution < -0.4 is 5.73 Å². The van der Waals surface area contributed by atoms with Crippen molar-refractivity contribution in [3.05, 3.63) is 47.5 Å². The molecular weight excluding hydrogens is 306 g/mol. The summed E-state index contributed by atoms with van der Waals surface area (Å²) < 4.78 is 1.74. The maximum absolute atomic E-state index is 11.2. The van der Waals surface area contributed by atoms with Gasteiger partial charge in [-0.25, -0.2) is 9.67 Å². The largest absolute Gasteiger partial charge is 0.387 e. The van der Waals surface area contributed by atoms with Crippen molar-refractivity contribution in [1.82, 2.24) is 19.7 Å². The number of aliphatic hydroxyl groups excluding tert-OH is 1. The monoisotopic (exact) mass is 327 g/mol. The van der Waals surface area contributed by atoms with Crippen LogP contribution in [-0.2, 0) is 6.42 Å². The summed E-state index contributed by atoms with van der Waals surface area (Å²) >= 11 is 0. The van der Waals surface area contributed by atoms with Gasteiger partial charge >= 0.3 is 0 Å². The second-order valence-corrected chi connectivity index (χ2v) is 6.62. The summed E-state index contributed by atoms with van der Waals surface area (Å²) in [6.45, 7) is 1.75. The molecule has 0 spiro atoms. The van der Waals surface area contributed by atoms with Gasteiger partial charge in [-0.15, -0.1) is 5.10 Å². The lowest BCUT2D eigenvalue weighted by Gasteiger charge is -2.37. The quantitative estimate of drug-likeness (QED) is 0.864. The van der Waals surface area contributed by atoms with E-state index in [1.54, 1.807) is 11.0 Å². The minimum absolute atomic E-state index is 0.0560. The van der Waals surface area contributed by atoms with Crippen LogP contribution in [-0.4, -0.2) is 49.8 Å². The van der Waals surface area contributed by atoms with Gasteiger partial charge in [-0.1, -0.05) is 24.3 Å². The van der Waals surface area contributed by atoms with E-state index in [1.807, 2.05) is 18.2 Å². The van der Waals surface area contributed by atoms with Crippen molar-refractivity contribution in [2.45, 2.75) is 37.5 Å². The molecule has 1 amide bonds. The van der Waals surface area contributed by atoms with Gasteiger partial charge in [-0.05, 0) is 36.9 Å². The number of nitrogens with zero attached hydrogens (tertiary/aromatic N) is 4. The lowest BCUT2D eigenvalue weighted by molar-refractivity contribution is 0.0345. The van der Waals surface area contributed by atoms with Crippen molar-refractivity contribution in [1.29, 1.82) is 0 Å². The predicted octanol–water partition coefficient (Wildman–Crippen LogP) is 0.672. The van der Waals surface area contributed by atoms with Crippen LogP contribution in [0.15, 0.2) is 30.6 Å². The Morgan fingerprint density at radius 2 is 2.17 bits per heavy atom. The van der Waals surface area contributed by atoms with Crippen LogP contribution in [0.3, 0.4) is 0 Å². The molecule has 3 N–H and O–H groups in total. The lowest BCUT2D eigenvalue weighted by atomic mass is 10.0. The lowest BCUT2D eigenvalue weighted by Crippen LogP contribution is -2.45. The molecule has 1 aromatic carbocycles. The molecule has 24 heavy (non-hydrogen) atoms. The zero-order chi connectivity index (χ0) is 16.7. The van der Waals surface area contributed by atoms with Gasteiger partial charge in [0.2, 0.25) is 5.82 Å². The summed E-state index contributed by atoms with van der Waals surface area (Å²) in [5.74, 6) is -0.552. The Kier molecular flexibility index (Phi) is 3.82. The summed E-state index contributed by atoms with van der Waals surface area (Å²) in [6.07, 6.45) is 4.00. The number of nitrogens with two attached hydrogens (primary N) is 1. The van der Waals surface area contributed by atoms with E-state index in [0.29, 0.717) is 0 Å². The van der Waals surface area contributed by atoms with Gasteiger partial charge in [0.15, 0.2) is 0 Å². The van der Waals surface area contributed by atoms with E-state index in [9.17, 15) is 9.90 Å². The maximum Gasteiger partial charge on any atom is 0.288 e. The first kappa shape index (κ1) is 15.3. The molecule has 0 bridgehead atoms. The molecule has 1 aromatic heterocycles. The minimum Gasteiger partial charge on any atom is -0.387 e. The SMILES string of the molecule is NC(=O)c1ncn([C@@H]2CCCN([C@@H]3Cc4ccccc4[C@H]3O)C2)n1. The Balaban J connectivity index is 1.50. The molecule has 7 heteroatoms. The highest BCUT2D eigenvalue weighted by molar-refractivity contribution is 5.88. The van der Waals surface area contributed by atoms with E-state index >= 15 is 0 Å². The number of aromatic nitrogens is 3. The fourth-order valence-electron chi connectivity index (χ4n) is 3.95. The van der Waals surface area contributed by atoms with Crippen molar-refractivity contribution >= 4 is 5.91 Å². The first-order chi connectivity index (χ1) is 11.6. The second-order valence-electron chi connectivity index (χ2n) is 6.62. The third-order valence-electron chi connectivity index (χ3n) is 5.17. The molecule has 1 fully saturated rings. The number of carbonyl (C=O) groups is 1. The number of carbonyl (C=O) groups excluding carboxylic acids is 1. The first-order valence-electron chi connectivity index (χ1n) is 8.34. The van der Waals surface area contributed by atoms with Crippen LogP contribution in [0.4, 0.5) is 0 Å². The fraction of sp³-hybridized carbons (Fsp3) is 0.471. The number of aliphatic hydroxyl groups is 1. The molecule has 1 aliphatic carbocycles. The Labute approximate surface area is 140 Å². The van der Waals surface area contributed by atoms with E-state index in [-0.39, 0.29) is 17.9 Å². The summed E-state index contributed by atoms with van der Waals surface area (Å²) in [5.41, 5.74) is 7.50. The summed E-state index contributed by atoms with van der Waals surface area (Å²) in [4.78, 5) is 17.5. The van der Waals surface area contributed by atoms with Gasteiger partial charge in [-0.2, -0.15) is 0 Å². The van der Waals surface area contributed by atoms with Gasteiger partial charge < -0.3 is 10.8 Å². The van der Waals surface area contributed by atoms with Crippen LogP contribution in [0.25, 0.3) is 0 Å². The molecule has 4 rings (SSSR count). The number of fused-ring (bicyclic) bond motifs is 1. The molecule has 3 atom stereocenters. The number of likely N-dealkylation sites (tertiary alicyclic amines) is 1. The highest BCUT2D eigenvalue weighted by Gasteiger charge is 2.37. The molecule has 2 aromatic rings. The van der Waals surface area contributed by atoms with Crippen LogP contribution in [0.2, 0.25) is 0 Å².